The molecule has 5 amide bonds. The number of ether oxygens (including phenoxy) is 1. The van der Waals surface area contributed by atoms with Crippen molar-refractivity contribution < 1.29 is 28.7 Å². The summed E-state index contributed by atoms with van der Waals surface area (Å²) >= 11 is 0. The SMILES string of the molecule is Cc1cccc(C)c1Nc1nn(C)c2nc(Nc3ccc4c(c3)CN(CCOCNC(=O)CN3CCN(c5ccc6c(c5)C(=O)N(C5CCC(=O)NC5=O)C6=O)CC3)CC4)ncc12. The summed E-state index contributed by atoms with van der Waals surface area (Å²) in [6.07, 6.45) is 2.91. The molecule has 63 heavy (non-hydrogen) atoms. The van der Waals surface area contributed by atoms with Crippen molar-refractivity contribution in [2.45, 2.75) is 45.7 Å². The van der Waals surface area contributed by atoms with E-state index in [1.807, 2.05) is 13.1 Å². The fourth-order valence-electron chi connectivity index (χ4n) is 8.81. The Hall–Kier alpha value is -6.76. The van der Waals surface area contributed by atoms with Crippen molar-refractivity contribution in [3.63, 3.8) is 0 Å². The maximum atomic E-state index is 13.3. The molecule has 326 valence electrons. The number of para-hydroxylation sites is 1. The molecule has 3 aromatic carbocycles. The number of imide groups is 2. The summed E-state index contributed by atoms with van der Waals surface area (Å²) in [5, 5.41) is 17.5. The number of aromatic nitrogens is 4. The summed E-state index contributed by atoms with van der Waals surface area (Å²) in [5.41, 5.74) is 8.76. The third-order valence-corrected chi connectivity index (χ3v) is 12.3. The molecule has 6 heterocycles. The van der Waals surface area contributed by atoms with Gasteiger partial charge in [0.1, 0.15) is 12.8 Å². The topological polar surface area (TPSA) is 199 Å². The van der Waals surface area contributed by atoms with Crippen molar-refractivity contribution in [3.05, 3.63) is 94.2 Å². The van der Waals surface area contributed by atoms with Crippen LogP contribution in [-0.2, 0) is 39.1 Å². The Morgan fingerprint density at radius 3 is 2.46 bits per heavy atom. The fourth-order valence-corrected chi connectivity index (χ4v) is 8.81. The maximum absolute atomic E-state index is 13.3. The largest absolute Gasteiger partial charge is 0.369 e. The van der Waals surface area contributed by atoms with Gasteiger partial charge in [-0.3, -0.25) is 44.0 Å². The number of carbonyl (C=O) groups is 5. The quantitative estimate of drug-likeness (QED) is 0.0766. The van der Waals surface area contributed by atoms with Gasteiger partial charge in [-0.2, -0.15) is 10.1 Å². The van der Waals surface area contributed by atoms with Crippen molar-refractivity contribution in [1.29, 1.82) is 0 Å². The first kappa shape index (κ1) is 41.6. The molecule has 0 bridgehead atoms. The molecular formula is C45H50N12O6. The Balaban J connectivity index is 0.698. The minimum atomic E-state index is -1.00. The van der Waals surface area contributed by atoms with Crippen LogP contribution in [0.2, 0.25) is 0 Å². The monoisotopic (exact) mass is 854 g/mol. The summed E-state index contributed by atoms with van der Waals surface area (Å²) in [6, 6.07) is 16.7. The smallest absolute Gasteiger partial charge is 0.262 e. The molecular weight excluding hydrogens is 805 g/mol. The van der Waals surface area contributed by atoms with Gasteiger partial charge < -0.3 is 25.6 Å². The molecule has 4 N–H and O–H groups in total. The highest BCUT2D eigenvalue weighted by atomic mass is 16.5. The first-order chi connectivity index (χ1) is 30.5. The van der Waals surface area contributed by atoms with Gasteiger partial charge in [0.2, 0.25) is 23.7 Å². The van der Waals surface area contributed by atoms with Crippen LogP contribution in [0.3, 0.4) is 0 Å². The normalized spacial score (nSPS) is 18.1. The Labute approximate surface area is 363 Å². The molecule has 4 aliphatic rings. The standard InChI is InChI=1S/C45H50N12O6/c1-27-5-4-6-28(2)39(27)50-40-35-23-46-45(51-41(35)53(3)52-40)48-31-8-7-29-13-14-54(24-30(29)21-31)19-20-63-26-47-38(59)25-55-15-17-56(18-16-55)32-9-10-33-34(22-32)44(62)57(43(33)61)36-11-12-37(58)49-42(36)60/h4-10,21-23,36H,11-20,24-26H2,1-3H3,(H,47,59)(H,50,52)(H,46,48,51)(H,49,58,60). The van der Waals surface area contributed by atoms with Gasteiger partial charge in [0, 0.05) is 82.5 Å². The van der Waals surface area contributed by atoms with Crippen LogP contribution < -0.4 is 26.2 Å². The van der Waals surface area contributed by atoms with Crippen LogP contribution in [0, 0.1) is 13.8 Å². The molecule has 2 aromatic heterocycles. The zero-order valence-corrected chi connectivity index (χ0v) is 35.6. The molecule has 2 fully saturated rings. The minimum absolute atomic E-state index is 0.0692. The van der Waals surface area contributed by atoms with E-state index in [-0.39, 0.29) is 43.2 Å². The van der Waals surface area contributed by atoms with E-state index in [0.29, 0.717) is 44.6 Å². The average molecular weight is 855 g/mol. The highest BCUT2D eigenvalue weighted by Crippen LogP contribution is 2.32. The van der Waals surface area contributed by atoms with Crippen molar-refractivity contribution in [2.75, 3.05) is 74.7 Å². The Bertz CT molecular complexity index is 2620. The van der Waals surface area contributed by atoms with E-state index in [1.165, 1.54) is 11.1 Å². The number of rotatable bonds is 13. The number of carbonyl (C=O) groups excluding carboxylic acids is 5. The van der Waals surface area contributed by atoms with E-state index in [9.17, 15) is 24.0 Å². The van der Waals surface area contributed by atoms with Crippen molar-refractivity contribution in [3.8, 4) is 0 Å². The summed E-state index contributed by atoms with van der Waals surface area (Å²) < 4.78 is 7.59. The van der Waals surface area contributed by atoms with E-state index in [1.54, 1.807) is 29.1 Å². The number of amides is 5. The lowest BCUT2D eigenvalue weighted by Gasteiger charge is -2.35. The number of nitrogens with one attached hydrogen (secondary N) is 4. The predicted molar refractivity (Wildman–Crippen MR) is 235 cm³/mol. The lowest BCUT2D eigenvalue weighted by molar-refractivity contribution is -0.136. The molecule has 5 aromatic rings. The molecule has 4 aliphatic heterocycles. The van der Waals surface area contributed by atoms with Crippen molar-refractivity contribution in [1.82, 2.24) is 45.1 Å². The van der Waals surface area contributed by atoms with Gasteiger partial charge in [-0.1, -0.05) is 24.3 Å². The van der Waals surface area contributed by atoms with Gasteiger partial charge in [0.15, 0.2) is 11.5 Å². The van der Waals surface area contributed by atoms with Crippen molar-refractivity contribution >= 4 is 69.4 Å². The minimum Gasteiger partial charge on any atom is -0.369 e. The molecule has 0 aliphatic carbocycles. The van der Waals surface area contributed by atoms with Gasteiger partial charge in [-0.25, -0.2) is 9.67 Å². The van der Waals surface area contributed by atoms with E-state index < -0.39 is 29.7 Å². The van der Waals surface area contributed by atoms with Crippen LogP contribution in [0.5, 0.6) is 0 Å². The van der Waals surface area contributed by atoms with Crippen molar-refractivity contribution in [2.24, 2.45) is 7.05 Å². The van der Waals surface area contributed by atoms with Crippen LogP contribution in [0.25, 0.3) is 11.0 Å². The summed E-state index contributed by atoms with van der Waals surface area (Å²) in [4.78, 5) is 80.1. The van der Waals surface area contributed by atoms with Crippen LogP contribution >= 0.6 is 0 Å². The van der Waals surface area contributed by atoms with E-state index in [0.717, 1.165) is 70.2 Å². The van der Waals surface area contributed by atoms with Crippen LogP contribution in [0.4, 0.5) is 28.8 Å². The van der Waals surface area contributed by atoms with Gasteiger partial charge >= 0.3 is 0 Å². The second kappa shape index (κ2) is 17.5. The summed E-state index contributed by atoms with van der Waals surface area (Å²) in [7, 11) is 1.88. The Morgan fingerprint density at radius 2 is 1.67 bits per heavy atom. The molecule has 0 saturated carbocycles. The number of piperazine rings is 1. The molecule has 18 nitrogen and oxygen atoms in total. The molecule has 0 spiro atoms. The third-order valence-electron chi connectivity index (χ3n) is 12.3. The predicted octanol–water partition coefficient (Wildman–Crippen LogP) is 3.14. The van der Waals surface area contributed by atoms with E-state index in [4.69, 9.17) is 14.8 Å². The zero-order chi connectivity index (χ0) is 43.8. The number of anilines is 5. The Kier molecular flexibility index (Phi) is 11.6. The van der Waals surface area contributed by atoms with E-state index >= 15 is 0 Å². The molecule has 1 atom stereocenters. The number of aryl methyl sites for hydroxylation is 3. The second-order valence-corrected chi connectivity index (χ2v) is 16.5. The number of hydrogen-bond acceptors (Lipinski definition) is 14. The Morgan fingerprint density at radius 1 is 0.873 bits per heavy atom. The van der Waals surface area contributed by atoms with E-state index in [2.05, 4.69) is 85.1 Å². The van der Waals surface area contributed by atoms with Crippen LogP contribution in [0.1, 0.15) is 55.8 Å². The van der Waals surface area contributed by atoms with Gasteiger partial charge in [-0.15, -0.1) is 0 Å². The average Bonchev–Trinajstić information content (AvgIpc) is 3.71. The summed E-state index contributed by atoms with van der Waals surface area (Å²) in [6.45, 7) is 9.93. The lowest BCUT2D eigenvalue weighted by atomic mass is 9.99. The van der Waals surface area contributed by atoms with Gasteiger partial charge in [0.25, 0.3) is 11.8 Å². The number of piperidine rings is 1. The highest BCUT2D eigenvalue weighted by molar-refractivity contribution is 6.23. The molecule has 1 unspecified atom stereocenters. The number of fused-ring (bicyclic) bond motifs is 3. The first-order valence-corrected chi connectivity index (χ1v) is 21.3. The number of nitrogens with zero attached hydrogens (tertiary/aromatic N) is 8. The number of hydrogen-bond donors (Lipinski definition) is 4. The van der Waals surface area contributed by atoms with Gasteiger partial charge in [-0.05, 0) is 79.3 Å². The van der Waals surface area contributed by atoms with Crippen LogP contribution in [-0.4, -0.2) is 129 Å². The molecule has 18 heteroatoms. The first-order valence-electron chi connectivity index (χ1n) is 21.3. The molecule has 0 radical (unpaired) electrons. The third kappa shape index (κ3) is 8.69. The van der Waals surface area contributed by atoms with Gasteiger partial charge in [0.05, 0.1) is 29.7 Å². The van der Waals surface area contributed by atoms with Crippen LogP contribution in [0.15, 0.2) is 60.8 Å². The molecule has 2 saturated heterocycles. The number of benzene rings is 3. The lowest BCUT2D eigenvalue weighted by Crippen LogP contribution is -2.54. The maximum Gasteiger partial charge on any atom is 0.262 e. The highest BCUT2D eigenvalue weighted by Gasteiger charge is 2.45. The molecule has 9 rings (SSSR count). The summed E-state index contributed by atoms with van der Waals surface area (Å²) in [5.74, 6) is -1.02. The second-order valence-electron chi connectivity index (χ2n) is 16.5. The fraction of sp³-hybridized carbons (Fsp3) is 0.378. The zero-order valence-electron chi connectivity index (χ0n) is 35.6.